The standard InChI is InChI=1S/C10H18NO7P/c1-6(2)9(13)17-7(3)18-10(14)11-4-8(12)5-19(15)16/h6-7,15-16H,4-5H2,1-3H3,(H,11,14). The lowest BCUT2D eigenvalue weighted by atomic mass is 10.2. The van der Waals surface area contributed by atoms with Gasteiger partial charge in [-0.3, -0.25) is 9.59 Å². The van der Waals surface area contributed by atoms with Crippen molar-refractivity contribution < 1.29 is 33.6 Å². The van der Waals surface area contributed by atoms with E-state index < -0.39 is 38.7 Å². The van der Waals surface area contributed by atoms with E-state index in [1.165, 1.54) is 6.92 Å². The van der Waals surface area contributed by atoms with Crippen LogP contribution in [0.5, 0.6) is 0 Å². The number of nitrogens with one attached hydrogen (secondary N) is 1. The minimum Gasteiger partial charge on any atom is -0.425 e. The second kappa shape index (κ2) is 8.79. The Balaban J connectivity index is 3.91. The maximum atomic E-state index is 11.2. The molecule has 0 bridgehead atoms. The van der Waals surface area contributed by atoms with E-state index >= 15 is 0 Å². The zero-order valence-electron chi connectivity index (χ0n) is 11.0. The lowest BCUT2D eigenvalue weighted by Crippen LogP contribution is -2.34. The third-order valence-electron chi connectivity index (χ3n) is 1.77. The first kappa shape index (κ1) is 17.8. The molecule has 0 aromatic rings. The predicted molar refractivity (Wildman–Crippen MR) is 66.1 cm³/mol. The summed E-state index contributed by atoms with van der Waals surface area (Å²) < 4.78 is 9.43. The smallest absolute Gasteiger partial charge is 0.410 e. The molecule has 0 fully saturated rings. The lowest BCUT2D eigenvalue weighted by Gasteiger charge is -2.15. The van der Waals surface area contributed by atoms with Crippen molar-refractivity contribution in [3.8, 4) is 0 Å². The molecule has 3 N–H and O–H groups in total. The fraction of sp³-hybridized carbons (Fsp3) is 0.700. The monoisotopic (exact) mass is 295 g/mol. The Morgan fingerprint density at radius 2 is 1.74 bits per heavy atom. The van der Waals surface area contributed by atoms with E-state index in [0.717, 1.165) is 0 Å². The zero-order chi connectivity index (χ0) is 15.0. The number of esters is 1. The van der Waals surface area contributed by atoms with E-state index in [-0.39, 0.29) is 12.5 Å². The van der Waals surface area contributed by atoms with Crippen molar-refractivity contribution in [3.63, 3.8) is 0 Å². The number of rotatable bonds is 7. The topological polar surface area (TPSA) is 122 Å². The van der Waals surface area contributed by atoms with Crippen molar-refractivity contribution in [2.75, 3.05) is 12.7 Å². The van der Waals surface area contributed by atoms with Crippen molar-refractivity contribution in [3.05, 3.63) is 0 Å². The van der Waals surface area contributed by atoms with Gasteiger partial charge in [-0.05, 0) is 0 Å². The molecule has 110 valence electrons. The van der Waals surface area contributed by atoms with Gasteiger partial charge < -0.3 is 24.6 Å². The number of Topliss-reactive ketones (excluding diaryl/α,β-unsaturated/α-hetero) is 1. The van der Waals surface area contributed by atoms with Crippen molar-refractivity contribution in [1.82, 2.24) is 5.32 Å². The summed E-state index contributed by atoms with van der Waals surface area (Å²) >= 11 is 0. The highest BCUT2D eigenvalue weighted by Crippen LogP contribution is 2.21. The highest BCUT2D eigenvalue weighted by atomic mass is 31.2. The quantitative estimate of drug-likeness (QED) is 0.346. The van der Waals surface area contributed by atoms with Crippen molar-refractivity contribution >= 4 is 26.2 Å². The first-order valence-corrected chi connectivity index (χ1v) is 6.97. The largest absolute Gasteiger partial charge is 0.425 e. The summed E-state index contributed by atoms with van der Waals surface area (Å²) in [6.45, 7) is 4.25. The summed E-state index contributed by atoms with van der Waals surface area (Å²) in [6.07, 6.45) is -2.43. The molecule has 0 aliphatic carbocycles. The summed E-state index contributed by atoms with van der Waals surface area (Å²) in [5.74, 6) is -1.40. The van der Waals surface area contributed by atoms with Gasteiger partial charge in [0, 0.05) is 6.92 Å². The van der Waals surface area contributed by atoms with Crippen LogP contribution in [0.3, 0.4) is 0 Å². The Labute approximate surface area is 112 Å². The molecule has 1 unspecified atom stereocenters. The average Bonchev–Trinajstić information content (AvgIpc) is 2.24. The van der Waals surface area contributed by atoms with E-state index in [4.69, 9.17) is 14.5 Å². The lowest BCUT2D eigenvalue weighted by molar-refractivity contribution is -0.168. The maximum absolute atomic E-state index is 11.2. The van der Waals surface area contributed by atoms with Crippen LogP contribution in [0.15, 0.2) is 0 Å². The second-order valence-electron chi connectivity index (χ2n) is 3.99. The molecule has 0 aliphatic rings. The number of carbonyl (C=O) groups is 3. The van der Waals surface area contributed by atoms with Gasteiger partial charge in [-0.25, -0.2) is 4.79 Å². The molecule has 0 aliphatic heterocycles. The number of ketones is 1. The minimum absolute atomic E-state index is 0.343. The summed E-state index contributed by atoms with van der Waals surface area (Å²) in [4.78, 5) is 50.6. The number of carbonyl (C=O) groups excluding carboxylic acids is 3. The molecule has 0 spiro atoms. The van der Waals surface area contributed by atoms with Crippen molar-refractivity contribution in [2.24, 2.45) is 5.92 Å². The van der Waals surface area contributed by atoms with E-state index in [1.54, 1.807) is 13.8 Å². The van der Waals surface area contributed by atoms with E-state index in [1.807, 2.05) is 0 Å². The first-order chi connectivity index (χ1) is 8.72. The molecule has 9 heteroatoms. The van der Waals surface area contributed by atoms with Gasteiger partial charge in [-0.15, -0.1) is 0 Å². The predicted octanol–water partition coefficient (Wildman–Crippen LogP) is 0.123. The van der Waals surface area contributed by atoms with Crippen LogP contribution in [-0.4, -0.2) is 46.6 Å². The molecule has 0 rings (SSSR count). The van der Waals surface area contributed by atoms with Gasteiger partial charge in [0.1, 0.15) is 0 Å². The zero-order valence-corrected chi connectivity index (χ0v) is 11.8. The van der Waals surface area contributed by atoms with Crippen LogP contribution < -0.4 is 5.32 Å². The van der Waals surface area contributed by atoms with Gasteiger partial charge in [0.2, 0.25) is 6.29 Å². The highest BCUT2D eigenvalue weighted by Gasteiger charge is 2.17. The second-order valence-corrected chi connectivity index (χ2v) is 5.05. The fourth-order valence-electron chi connectivity index (χ4n) is 0.901. The van der Waals surface area contributed by atoms with Crippen LogP contribution >= 0.6 is 8.38 Å². The number of ether oxygens (including phenoxy) is 2. The summed E-state index contributed by atoms with van der Waals surface area (Å²) in [5.41, 5.74) is 0. The summed E-state index contributed by atoms with van der Waals surface area (Å²) in [6, 6.07) is 0. The normalized spacial score (nSPS) is 12.2. The molecule has 19 heavy (non-hydrogen) atoms. The molecule has 0 aromatic heterocycles. The molecule has 0 saturated carbocycles. The van der Waals surface area contributed by atoms with Crippen LogP contribution in [-0.2, 0) is 19.1 Å². The Hall–Kier alpha value is -1.24. The fourth-order valence-corrected chi connectivity index (χ4v) is 1.33. The van der Waals surface area contributed by atoms with Crippen molar-refractivity contribution in [2.45, 2.75) is 27.1 Å². The Morgan fingerprint density at radius 1 is 1.16 bits per heavy atom. The highest BCUT2D eigenvalue weighted by molar-refractivity contribution is 7.46. The molecule has 0 heterocycles. The number of hydrogen-bond donors (Lipinski definition) is 3. The average molecular weight is 295 g/mol. The van der Waals surface area contributed by atoms with E-state index in [0.29, 0.717) is 0 Å². The summed E-state index contributed by atoms with van der Waals surface area (Å²) in [7, 11) is -2.32. The SMILES string of the molecule is CC(OC(=O)NCC(=O)CP(O)O)OC(=O)C(C)C. The van der Waals surface area contributed by atoms with Gasteiger partial charge in [0.05, 0.1) is 18.6 Å². The van der Waals surface area contributed by atoms with Crippen LogP contribution in [0.1, 0.15) is 20.8 Å². The molecule has 8 nitrogen and oxygen atoms in total. The van der Waals surface area contributed by atoms with Crippen LogP contribution in [0.4, 0.5) is 4.79 Å². The van der Waals surface area contributed by atoms with E-state index in [2.05, 4.69) is 10.1 Å². The third-order valence-corrected chi connectivity index (χ3v) is 2.41. The Kier molecular flexibility index (Phi) is 8.22. The minimum atomic E-state index is -2.32. The number of alkyl carbamates (subject to hydrolysis) is 1. The number of hydrogen-bond acceptors (Lipinski definition) is 7. The number of amides is 1. The van der Waals surface area contributed by atoms with Crippen LogP contribution in [0.2, 0.25) is 0 Å². The van der Waals surface area contributed by atoms with Gasteiger partial charge in [-0.2, -0.15) is 0 Å². The summed E-state index contributed by atoms with van der Waals surface area (Å²) in [5, 5.41) is 2.11. The van der Waals surface area contributed by atoms with E-state index in [9.17, 15) is 14.4 Å². The van der Waals surface area contributed by atoms with Crippen LogP contribution in [0, 0.1) is 5.92 Å². The molecular formula is C10H18NO7P. The molecule has 1 amide bonds. The van der Waals surface area contributed by atoms with Gasteiger partial charge in [-0.1, -0.05) is 13.8 Å². The Morgan fingerprint density at radius 3 is 2.21 bits per heavy atom. The van der Waals surface area contributed by atoms with Gasteiger partial charge >= 0.3 is 12.1 Å². The van der Waals surface area contributed by atoms with Gasteiger partial charge in [0.25, 0.3) is 0 Å². The molecule has 0 saturated heterocycles. The van der Waals surface area contributed by atoms with Crippen LogP contribution in [0.25, 0.3) is 0 Å². The molecule has 1 atom stereocenters. The third kappa shape index (κ3) is 9.35. The van der Waals surface area contributed by atoms with Crippen molar-refractivity contribution in [1.29, 1.82) is 0 Å². The Bertz CT molecular complexity index is 332. The van der Waals surface area contributed by atoms with Gasteiger partial charge in [0.15, 0.2) is 14.2 Å². The molecular weight excluding hydrogens is 277 g/mol. The molecule has 0 aromatic carbocycles. The first-order valence-electron chi connectivity index (χ1n) is 5.54. The maximum Gasteiger partial charge on any atom is 0.410 e. The molecule has 0 radical (unpaired) electrons.